The normalized spacial score (nSPS) is 11.0. The fourth-order valence-electron chi connectivity index (χ4n) is 4.16. The number of hydrogen-bond donors (Lipinski definition) is 1. The van der Waals surface area contributed by atoms with Gasteiger partial charge < -0.3 is 9.47 Å². The smallest absolute Gasteiger partial charge is 0.343 e. The molecule has 0 radical (unpaired) electrons. The molecule has 0 fully saturated rings. The van der Waals surface area contributed by atoms with Crippen molar-refractivity contribution in [2.75, 3.05) is 7.11 Å². The van der Waals surface area contributed by atoms with Gasteiger partial charge in [-0.15, -0.1) is 0 Å². The van der Waals surface area contributed by atoms with Crippen LogP contribution >= 0.6 is 15.9 Å². The number of halogens is 1. The van der Waals surface area contributed by atoms with E-state index in [9.17, 15) is 9.59 Å². The van der Waals surface area contributed by atoms with Crippen molar-refractivity contribution in [2.24, 2.45) is 5.10 Å². The number of ether oxygens (including phenoxy) is 2. The van der Waals surface area contributed by atoms with Crippen molar-refractivity contribution in [3.8, 4) is 11.5 Å². The number of esters is 1. The molecule has 208 valence electrons. The van der Waals surface area contributed by atoms with Crippen molar-refractivity contribution < 1.29 is 19.1 Å². The third-order valence-corrected chi connectivity index (χ3v) is 6.85. The monoisotopic (exact) mass is 586 g/mol. The highest BCUT2D eigenvalue weighted by Gasteiger charge is 2.13. The van der Waals surface area contributed by atoms with Crippen LogP contribution in [0.5, 0.6) is 11.5 Å². The zero-order valence-electron chi connectivity index (χ0n) is 23.0. The Morgan fingerprint density at radius 1 is 0.842 bits per heavy atom. The maximum atomic E-state index is 12.4. The van der Waals surface area contributed by atoms with Crippen LogP contribution in [0.2, 0.25) is 0 Å². The molecule has 0 aliphatic rings. The first-order valence-electron chi connectivity index (χ1n) is 14.0. The van der Waals surface area contributed by atoms with Gasteiger partial charge in [0.1, 0.15) is 0 Å². The molecule has 0 saturated heterocycles. The lowest BCUT2D eigenvalue weighted by Crippen LogP contribution is -2.16. The minimum Gasteiger partial charge on any atom is -0.493 e. The van der Waals surface area contributed by atoms with Gasteiger partial charge in [0.15, 0.2) is 11.5 Å². The third kappa shape index (κ3) is 13.2. The van der Waals surface area contributed by atoms with Crippen LogP contribution < -0.4 is 14.9 Å². The van der Waals surface area contributed by atoms with Gasteiger partial charge in [0.05, 0.1) is 18.9 Å². The fraction of sp³-hybridized carbons (Fsp3) is 0.516. The number of rotatable bonds is 19. The summed E-state index contributed by atoms with van der Waals surface area (Å²) in [7, 11) is 1.50. The molecule has 38 heavy (non-hydrogen) atoms. The Morgan fingerprint density at radius 2 is 1.47 bits per heavy atom. The molecule has 0 aromatic heterocycles. The molecule has 0 unspecified atom stereocenters. The summed E-state index contributed by atoms with van der Waals surface area (Å²) in [5.74, 6) is 0.138. The van der Waals surface area contributed by atoms with Gasteiger partial charge in [0.2, 0.25) is 5.91 Å². The lowest BCUT2D eigenvalue weighted by molar-refractivity contribution is -0.121. The molecule has 0 atom stereocenters. The van der Waals surface area contributed by atoms with Crippen molar-refractivity contribution in [1.82, 2.24) is 5.43 Å². The summed E-state index contributed by atoms with van der Waals surface area (Å²) in [6.45, 7) is 2.26. The van der Waals surface area contributed by atoms with E-state index < -0.39 is 5.97 Å². The molecule has 0 bridgehead atoms. The zero-order chi connectivity index (χ0) is 27.4. The first kappa shape index (κ1) is 31.5. The quantitative estimate of drug-likeness (QED) is 0.0587. The Balaban J connectivity index is 1.61. The minimum absolute atomic E-state index is 0.0872. The number of hydrogen-bond acceptors (Lipinski definition) is 5. The number of unbranched alkanes of at least 4 members (excludes halogenated alkanes) is 12. The molecular formula is C31H43BrN2O4. The molecule has 1 amide bonds. The van der Waals surface area contributed by atoms with Crippen LogP contribution in [0, 0.1) is 0 Å². The van der Waals surface area contributed by atoms with Gasteiger partial charge in [-0.1, -0.05) is 106 Å². The van der Waals surface area contributed by atoms with Crippen LogP contribution in [0.25, 0.3) is 0 Å². The van der Waals surface area contributed by atoms with Crippen LogP contribution in [0.4, 0.5) is 0 Å². The van der Waals surface area contributed by atoms with Gasteiger partial charge in [-0.3, -0.25) is 4.79 Å². The number of carbonyl (C=O) groups excluding carboxylic acids is 2. The van der Waals surface area contributed by atoms with E-state index in [0.717, 1.165) is 17.3 Å². The highest BCUT2D eigenvalue weighted by molar-refractivity contribution is 9.10. The van der Waals surface area contributed by atoms with Gasteiger partial charge in [0.25, 0.3) is 0 Å². The van der Waals surface area contributed by atoms with E-state index in [1.807, 2.05) is 6.07 Å². The topological polar surface area (TPSA) is 77.0 Å². The largest absolute Gasteiger partial charge is 0.493 e. The van der Waals surface area contributed by atoms with Crippen molar-refractivity contribution in [3.63, 3.8) is 0 Å². The van der Waals surface area contributed by atoms with Crippen LogP contribution in [0.1, 0.15) is 113 Å². The molecule has 6 nitrogen and oxygen atoms in total. The first-order valence-corrected chi connectivity index (χ1v) is 14.8. The lowest BCUT2D eigenvalue weighted by atomic mass is 10.0. The molecule has 0 aliphatic heterocycles. The van der Waals surface area contributed by atoms with Crippen molar-refractivity contribution in [2.45, 2.75) is 96.8 Å². The maximum absolute atomic E-state index is 12.4. The molecule has 0 aliphatic carbocycles. The number of nitrogens with zero attached hydrogens (tertiary/aromatic N) is 1. The number of carbonyl (C=O) groups is 2. The highest BCUT2D eigenvalue weighted by Crippen LogP contribution is 2.28. The standard InChI is InChI=1S/C31H43BrN2O4/c1-3-4-5-6-7-8-9-10-11-12-13-14-15-19-30(35)34-33-24-25-20-21-28(29(22-25)37-2)38-31(36)26-17-16-18-27(32)23-26/h16-18,20-24H,3-15,19H2,1-2H3,(H,34,35). The second kappa shape index (κ2) is 19.4. The Hall–Kier alpha value is -2.67. The zero-order valence-corrected chi connectivity index (χ0v) is 24.6. The fourth-order valence-corrected chi connectivity index (χ4v) is 4.56. The van der Waals surface area contributed by atoms with Crippen molar-refractivity contribution in [3.05, 3.63) is 58.1 Å². The Labute approximate surface area is 236 Å². The summed E-state index contributed by atoms with van der Waals surface area (Å²) in [6, 6.07) is 12.1. The number of methoxy groups -OCH3 is 1. The van der Waals surface area contributed by atoms with E-state index >= 15 is 0 Å². The number of nitrogens with one attached hydrogen (secondary N) is 1. The third-order valence-electron chi connectivity index (χ3n) is 6.36. The maximum Gasteiger partial charge on any atom is 0.343 e. The second-order valence-corrected chi connectivity index (χ2v) is 10.5. The Bertz CT molecular complexity index is 1010. The molecule has 0 heterocycles. The van der Waals surface area contributed by atoms with Gasteiger partial charge in [-0.25, -0.2) is 10.2 Å². The predicted molar refractivity (Wildman–Crippen MR) is 158 cm³/mol. The number of benzene rings is 2. The second-order valence-electron chi connectivity index (χ2n) is 9.60. The molecule has 2 aromatic carbocycles. The summed E-state index contributed by atoms with van der Waals surface area (Å²) in [6.07, 6.45) is 18.7. The number of hydrazone groups is 1. The molecule has 0 spiro atoms. The Morgan fingerprint density at radius 3 is 2.08 bits per heavy atom. The summed E-state index contributed by atoms with van der Waals surface area (Å²) in [5.41, 5.74) is 3.73. The van der Waals surface area contributed by atoms with Gasteiger partial charge in [-0.2, -0.15) is 5.10 Å². The Kier molecular flexibility index (Phi) is 16.1. The van der Waals surface area contributed by atoms with Crippen LogP contribution in [-0.2, 0) is 4.79 Å². The molecule has 1 N–H and O–H groups in total. The summed E-state index contributed by atoms with van der Waals surface area (Å²) >= 11 is 3.35. The highest BCUT2D eigenvalue weighted by atomic mass is 79.9. The number of amides is 1. The minimum atomic E-state index is -0.480. The van der Waals surface area contributed by atoms with E-state index in [-0.39, 0.29) is 5.91 Å². The molecular weight excluding hydrogens is 544 g/mol. The van der Waals surface area contributed by atoms with Crippen molar-refractivity contribution >= 4 is 34.0 Å². The first-order chi connectivity index (χ1) is 18.5. The van der Waals surface area contributed by atoms with E-state index in [0.29, 0.717) is 29.0 Å². The summed E-state index contributed by atoms with van der Waals surface area (Å²) in [5, 5.41) is 4.05. The van der Waals surface area contributed by atoms with Crippen molar-refractivity contribution in [1.29, 1.82) is 0 Å². The van der Waals surface area contributed by atoms with E-state index in [1.165, 1.54) is 77.7 Å². The van der Waals surface area contributed by atoms with Crippen LogP contribution in [0.15, 0.2) is 52.0 Å². The van der Waals surface area contributed by atoms with E-state index in [4.69, 9.17) is 9.47 Å². The van der Waals surface area contributed by atoms with E-state index in [1.54, 1.807) is 42.6 Å². The SMILES string of the molecule is CCCCCCCCCCCCCCCC(=O)NN=Cc1ccc(OC(=O)c2cccc(Br)c2)c(OC)c1. The van der Waals surface area contributed by atoms with E-state index in [2.05, 4.69) is 33.4 Å². The predicted octanol–water partition coefficient (Wildman–Crippen LogP) is 8.61. The molecule has 7 heteroatoms. The average molecular weight is 588 g/mol. The molecule has 2 aromatic rings. The van der Waals surface area contributed by atoms with Crippen LogP contribution in [0.3, 0.4) is 0 Å². The summed E-state index contributed by atoms with van der Waals surface area (Å²) < 4.78 is 11.7. The average Bonchev–Trinajstić information content (AvgIpc) is 2.92. The summed E-state index contributed by atoms with van der Waals surface area (Å²) in [4.78, 5) is 24.5. The molecule has 0 saturated carbocycles. The van der Waals surface area contributed by atoms with Crippen LogP contribution in [-0.4, -0.2) is 25.2 Å². The molecule has 2 rings (SSSR count). The van der Waals surface area contributed by atoms with Gasteiger partial charge >= 0.3 is 5.97 Å². The van der Waals surface area contributed by atoms with Gasteiger partial charge in [0, 0.05) is 10.9 Å². The lowest BCUT2D eigenvalue weighted by Gasteiger charge is -2.10. The van der Waals surface area contributed by atoms with Gasteiger partial charge in [-0.05, 0) is 48.4 Å².